The van der Waals surface area contributed by atoms with Crippen LogP contribution in [0.2, 0.25) is 5.15 Å². The normalized spacial score (nSPS) is 25.7. The lowest BCUT2D eigenvalue weighted by Gasteiger charge is -2.23. The van der Waals surface area contributed by atoms with Crippen LogP contribution in [0.5, 0.6) is 0 Å². The van der Waals surface area contributed by atoms with Crippen LogP contribution in [0.25, 0.3) is 0 Å². The highest BCUT2D eigenvalue weighted by Crippen LogP contribution is 2.23. The SMILES string of the molecule is Clc1ccc(N2CCC(N3CCCC3)C2)nn1. The molecule has 4 nitrogen and oxygen atoms in total. The van der Waals surface area contributed by atoms with Crippen LogP contribution in [-0.2, 0) is 0 Å². The second-order valence-electron chi connectivity index (χ2n) is 4.85. The molecule has 0 aromatic carbocycles. The van der Waals surface area contributed by atoms with Crippen molar-refractivity contribution in [1.82, 2.24) is 15.1 Å². The molecule has 1 unspecified atom stereocenters. The second kappa shape index (κ2) is 4.78. The molecule has 0 spiro atoms. The molecule has 1 aromatic rings. The van der Waals surface area contributed by atoms with Gasteiger partial charge in [0, 0.05) is 19.1 Å². The maximum atomic E-state index is 5.75. The zero-order chi connectivity index (χ0) is 11.7. The molecule has 2 aliphatic heterocycles. The Morgan fingerprint density at radius 1 is 1.12 bits per heavy atom. The zero-order valence-corrected chi connectivity index (χ0v) is 10.6. The molecular weight excluding hydrogens is 236 g/mol. The highest BCUT2D eigenvalue weighted by molar-refractivity contribution is 6.29. The fourth-order valence-electron chi connectivity index (χ4n) is 2.83. The number of hydrogen-bond acceptors (Lipinski definition) is 4. The second-order valence-corrected chi connectivity index (χ2v) is 5.23. The van der Waals surface area contributed by atoms with Crippen molar-refractivity contribution in [3.63, 3.8) is 0 Å². The average Bonchev–Trinajstić information content (AvgIpc) is 3.00. The summed E-state index contributed by atoms with van der Waals surface area (Å²) in [6.07, 6.45) is 3.96. The van der Waals surface area contributed by atoms with E-state index in [0.29, 0.717) is 11.2 Å². The quantitative estimate of drug-likeness (QED) is 0.804. The number of rotatable bonds is 2. The number of halogens is 1. The van der Waals surface area contributed by atoms with Crippen LogP contribution in [0.1, 0.15) is 19.3 Å². The molecule has 0 N–H and O–H groups in total. The van der Waals surface area contributed by atoms with Crippen molar-refractivity contribution in [3.8, 4) is 0 Å². The van der Waals surface area contributed by atoms with Gasteiger partial charge in [-0.3, -0.25) is 4.90 Å². The molecule has 0 bridgehead atoms. The van der Waals surface area contributed by atoms with E-state index in [-0.39, 0.29) is 0 Å². The van der Waals surface area contributed by atoms with Gasteiger partial charge in [0.05, 0.1) is 0 Å². The summed E-state index contributed by atoms with van der Waals surface area (Å²) in [4.78, 5) is 4.93. The van der Waals surface area contributed by atoms with Gasteiger partial charge in [-0.15, -0.1) is 10.2 Å². The molecule has 1 aromatic heterocycles. The summed E-state index contributed by atoms with van der Waals surface area (Å²) < 4.78 is 0. The van der Waals surface area contributed by atoms with Gasteiger partial charge in [-0.1, -0.05) is 11.6 Å². The third kappa shape index (κ3) is 2.38. The highest BCUT2D eigenvalue weighted by Gasteiger charge is 2.29. The predicted molar refractivity (Wildman–Crippen MR) is 68.5 cm³/mol. The number of aromatic nitrogens is 2. The number of hydrogen-bond donors (Lipinski definition) is 0. The van der Waals surface area contributed by atoms with E-state index in [1.54, 1.807) is 0 Å². The topological polar surface area (TPSA) is 32.3 Å². The first-order valence-electron chi connectivity index (χ1n) is 6.31. The van der Waals surface area contributed by atoms with E-state index in [0.717, 1.165) is 18.9 Å². The summed E-state index contributed by atoms with van der Waals surface area (Å²) in [6.45, 7) is 4.70. The minimum atomic E-state index is 0.462. The Balaban J connectivity index is 1.65. The van der Waals surface area contributed by atoms with E-state index < -0.39 is 0 Å². The van der Waals surface area contributed by atoms with E-state index in [2.05, 4.69) is 20.0 Å². The Morgan fingerprint density at radius 2 is 1.94 bits per heavy atom. The first-order chi connectivity index (χ1) is 8.33. The maximum absolute atomic E-state index is 5.75. The fourth-order valence-corrected chi connectivity index (χ4v) is 2.93. The smallest absolute Gasteiger partial charge is 0.151 e. The van der Waals surface area contributed by atoms with Crippen LogP contribution in [0.3, 0.4) is 0 Å². The molecule has 0 radical (unpaired) electrons. The fraction of sp³-hybridized carbons (Fsp3) is 0.667. The van der Waals surface area contributed by atoms with Gasteiger partial charge in [-0.05, 0) is 44.5 Å². The standard InChI is InChI=1S/C12H17ClN4/c13-11-3-4-12(15-14-11)17-8-5-10(9-17)16-6-1-2-7-16/h3-4,10H,1-2,5-9H2. The molecular formula is C12H17ClN4. The van der Waals surface area contributed by atoms with Crippen LogP contribution >= 0.6 is 11.6 Å². The summed E-state index contributed by atoms with van der Waals surface area (Å²) in [5.74, 6) is 0.955. The molecule has 0 amide bonds. The van der Waals surface area contributed by atoms with Crippen LogP contribution < -0.4 is 4.90 Å². The monoisotopic (exact) mass is 252 g/mol. The molecule has 2 saturated heterocycles. The van der Waals surface area contributed by atoms with E-state index in [4.69, 9.17) is 11.6 Å². The first kappa shape index (κ1) is 11.2. The molecule has 1 atom stereocenters. The Labute approximate surface area is 107 Å². The third-order valence-corrected chi connectivity index (χ3v) is 3.96. The van der Waals surface area contributed by atoms with Gasteiger partial charge in [0.25, 0.3) is 0 Å². The Kier molecular flexibility index (Phi) is 3.16. The van der Waals surface area contributed by atoms with E-state index in [1.807, 2.05) is 12.1 Å². The minimum Gasteiger partial charge on any atom is -0.354 e. The molecule has 92 valence electrons. The average molecular weight is 253 g/mol. The molecule has 0 saturated carbocycles. The van der Waals surface area contributed by atoms with Gasteiger partial charge in [-0.25, -0.2) is 0 Å². The van der Waals surface area contributed by atoms with Crippen LogP contribution in [0, 0.1) is 0 Å². The summed E-state index contributed by atoms with van der Waals surface area (Å²) >= 11 is 5.75. The lowest BCUT2D eigenvalue weighted by atomic mass is 10.2. The lowest BCUT2D eigenvalue weighted by molar-refractivity contribution is 0.260. The molecule has 2 aliphatic rings. The van der Waals surface area contributed by atoms with Crippen molar-refractivity contribution in [2.24, 2.45) is 0 Å². The van der Waals surface area contributed by atoms with Crippen molar-refractivity contribution in [3.05, 3.63) is 17.3 Å². The van der Waals surface area contributed by atoms with Gasteiger partial charge >= 0.3 is 0 Å². The van der Waals surface area contributed by atoms with Crippen LogP contribution in [0.4, 0.5) is 5.82 Å². The van der Waals surface area contributed by atoms with E-state index >= 15 is 0 Å². The maximum Gasteiger partial charge on any atom is 0.151 e. The Morgan fingerprint density at radius 3 is 2.65 bits per heavy atom. The predicted octanol–water partition coefficient (Wildman–Crippen LogP) is 1.80. The third-order valence-electron chi connectivity index (χ3n) is 3.76. The Bertz CT molecular complexity index is 375. The number of likely N-dealkylation sites (tertiary alicyclic amines) is 1. The summed E-state index contributed by atoms with van der Waals surface area (Å²) in [5, 5.41) is 8.52. The lowest BCUT2D eigenvalue weighted by Crippen LogP contribution is -2.35. The number of nitrogens with zero attached hydrogens (tertiary/aromatic N) is 4. The van der Waals surface area contributed by atoms with Crippen LogP contribution in [-0.4, -0.2) is 47.3 Å². The van der Waals surface area contributed by atoms with Crippen molar-refractivity contribution in [2.75, 3.05) is 31.1 Å². The molecule has 2 fully saturated rings. The summed E-state index contributed by atoms with van der Waals surface area (Å²) in [7, 11) is 0. The first-order valence-corrected chi connectivity index (χ1v) is 6.69. The largest absolute Gasteiger partial charge is 0.354 e. The van der Waals surface area contributed by atoms with Gasteiger partial charge in [0.2, 0.25) is 0 Å². The molecule has 3 heterocycles. The highest BCUT2D eigenvalue weighted by atomic mass is 35.5. The van der Waals surface area contributed by atoms with Crippen molar-refractivity contribution in [1.29, 1.82) is 0 Å². The van der Waals surface area contributed by atoms with E-state index in [9.17, 15) is 0 Å². The van der Waals surface area contributed by atoms with Crippen LogP contribution in [0.15, 0.2) is 12.1 Å². The van der Waals surface area contributed by atoms with Gasteiger partial charge in [0.1, 0.15) is 0 Å². The molecule has 0 aliphatic carbocycles. The molecule has 17 heavy (non-hydrogen) atoms. The van der Waals surface area contributed by atoms with Crippen molar-refractivity contribution >= 4 is 17.4 Å². The number of anilines is 1. The summed E-state index contributed by atoms with van der Waals surface area (Å²) in [5.41, 5.74) is 0. The van der Waals surface area contributed by atoms with Gasteiger partial charge in [-0.2, -0.15) is 0 Å². The molecule has 3 rings (SSSR count). The zero-order valence-electron chi connectivity index (χ0n) is 9.85. The van der Waals surface area contributed by atoms with E-state index in [1.165, 1.54) is 32.4 Å². The minimum absolute atomic E-state index is 0.462. The Hall–Kier alpha value is -0.870. The van der Waals surface area contributed by atoms with Crippen molar-refractivity contribution in [2.45, 2.75) is 25.3 Å². The van der Waals surface area contributed by atoms with Gasteiger partial charge < -0.3 is 4.90 Å². The van der Waals surface area contributed by atoms with Gasteiger partial charge in [0.15, 0.2) is 11.0 Å². The summed E-state index contributed by atoms with van der Waals surface area (Å²) in [6, 6.07) is 4.48. The van der Waals surface area contributed by atoms with Crippen molar-refractivity contribution < 1.29 is 0 Å². The molecule has 5 heteroatoms.